The van der Waals surface area contributed by atoms with Crippen LogP contribution in [0.3, 0.4) is 0 Å². The van der Waals surface area contributed by atoms with E-state index >= 15 is 0 Å². The van der Waals surface area contributed by atoms with Crippen LogP contribution in [0.25, 0.3) is 0 Å². The number of nitrogens with zero attached hydrogens (tertiary/aromatic N) is 4. The third-order valence-corrected chi connectivity index (χ3v) is 4.28. The molecule has 0 fully saturated rings. The van der Waals surface area contributed by atoms with Gasteiger partial charge < -0.3 is 15.4 Å². The van der Waals surface area contributed by atoms with Crippen LogP contribution >= 0.6 is 0 Å². The number of aromatic nitrogens is 2. The minimum absolute atomic E-state index is 0.0115. The second kappa shape index (κ2) is 8.79. The quantitative estimate of drug-likeness (QED) is 0.352. The Morgan fingerprint density at radius 3 is 2.45 bits per heavy atom. The Hall–Kier alpha value is -4.01. The number of anilines is 2. The van der Waals surface area contributed by atoms with Crippen LogP contribution in [-0.4, -0.2) is 34.3 Å². The lowest BCUT2D eigenvalue weighted by molar-refractivity contribution is -0.383. The Bertz CT molecular complexity index is 1010. The first-order valence-electron chi connectivity index (χ1n) is 8.70. The van der Waals surface area contributed by atoms with Crippen molar-refractivity contribution in [2.45, 2.75) is 6.54 Å². The molecule has 0 atom stereocenters. The average Bonchev–Trinajstić information content (AvgIpc) is 2.74. The lowest BCUT2D eigenvalue weighted by Gasteiger charge is -2.23. The average molecular weight is 393 g/mol. The zero-order valence-corrected chi connectivity index (χ0v) is 15.7. The number of nitrogens with two attached hydrogens (primary N) is 1. The summed E-state index contributed by atoms with van der Waals surface area (Å²) in [7, 11) is 1.56. The second-order valence-corrected chi connectivity index (χ2v) is 6.18. The predicted molar refractivity (Wildman–Crippen MR) is 108 cm³/mol. The van der Waals surface area contributed by atoms with Gasteiger partial charge in [0.15, 0.2) is 5.78 Å². The van der Waals surface area contributed by atoms with Gasteiger partial charge in [0.25, 0.3) is 0 Å². The van der Waals surface area contributed by atoms with Gasteiger partial charge in [0.2, 0.25) is 11.6 Å². The van der Waals surface area contributed by atoms with Gasteiger partial charge in [-0.3, -0.25) is 14.9 Å². The molecule has 0 spiro atoms. The molecule has 2 aromatic carbocycles. The number of hydrogen-bond acceptors (Lipinski definition) is 8. The maximum atomic E-state index is 12.8. The number of carbonyl (C=O) groups excluding carboxylic acids is 1. The molecule has 0 saturated heterocycles. The third-order valence-electron chi connectivity index (χ3n) is 4.28. The minimum atomic E-state index is -0.640. The number of ketones is 1. The first kappa shape index (κ1) is 19.7. The largest absolute Gasteiger partial charge is 0.497 e. The summed E-state index contributed by atoms with van der Waals surface area (Å²) < 4.78 is 5.15. The lowest BCUT2D eigenvalue weighted by Crippen LogP contribution is -2.31. The Labute approximate surface area is 166 Å². The molecule has 0 bridgehead atoms. The van der Waals surface area contributed by atoms with Gasteiger partial charge in [0, 0.05) is 12.1 Å². The van der Waals surface area contributed by atoms with E-state index in [-0.39, 0.29) is 30.5 Å². The summed E-state index contributed by atoms with van der Waals surface area (Å²) >= 11 is 0. The van der Waals surface area contributed by atoms with E-state index in [1.165, 1.54) is 4.90 Å². The van der Waals surface area contributed by atoms with Crippen molar-refractivity contribution in [3.05, 3.63) is 82.2 Å². The van der Waals surface area contributed by atoms with Crippen LogP contribution in [-0.2, 0) is 6.54 Å². The topological polar surface area (TPSA) is 124 Å². The molecule has 0 aliphatic rings. The van der Waals surface area contributed by atoms with Gasteiger partial charge in [-0.2, -0.15) is 0 Å². The maximum absolute atomic E-state index is 12.8. The Morgan fingerprint density at radius 1 is 1.14 bits per heavy atom. The van der Waals surface area contributed by atoms with Crippen LogP contribution in [0.1, 0.15) is 15.9 Å². The van der Waals surface area contributed by atoms with Crippen LogP contribution in [0.5, 0.6) is 5.75 Å². The van der Waals surface area contributed by atoms with Crippen LogP contribution < -0.4 is 15.4 Å². The van der Waals surface area contributed by atoms with Crippen molar-refractivity contribution in [3.8, 4) is 5.75 Å². The van der Waals surface area contributed by atoms with Gasteiger partial charge in [0.1, 0.15) is 12.1 Å². The summed E-state index contributed by atoms with van der Waals surface area (Å²) in [5, 5.41) is 11.6. The molecule has 29 heavy (non-hydrogen) atoms. The van der Waals surface area contributed by atoms with E-state index in [0.29, 0.717) is 11.3 Å². The van der Waals surface area contributed by atoms with E-state index in [4.69, 9.17) is 10.5 Å². The van der Waals surface area contributed by atoms with Gasteiger partial charge in [-0.05, 0) is 17.7 Å². The van der Waals surface area contributed by atoms with E-state index in [1.54, 1.807) is 43.5 Å². The SMILES string of the molecule is COc1ccc(CN(CC(=O)c2ccccc2)c2ncnc(N)c2[N+](=O)[O-])cc1. The van der Waals surface area contributed by atoms with Crippen molar-refractivity contribution in [1.82, 2.24) is 9.97 Å². The molecular formula is C20H19N5O4. The number of Topliss-reactive ketones (excluding diaryl/α,β-unsaturated/α-hetero) is 1. The maximum Gasteiger partial charge on any atom is 0.353 e. The number of benzene rings is 2. The van der Waals surface area contributed by atoms with E-state index in [1.807, 2.05) is 18.2 Å². The van der Waals surface area contributed by atoms with Gasteiger partial charge in [0.05, 0.1) is 18.6 Å². The fourth-order valence-corrected chi connectivity index (χ4v) is 2.83. The zero-order chi connectivity index (χ0) is 20.8. The highest BCUT2D eigenvalue weighted by atomic mass is 16.6. The normalized spacial score (nSPS) is 10.4. The monoisotopic (exact) mass is 393 g/mol. The number of ether oxygens (including phenoxy) is 1. The first-order valence-corrected chi connectivity index (χ1v) is 8.70. The van der Waals surface area contributed by atoms with Crippen molar-refractivity contribution in [2.24, 2.45) is 0 Å². The highest BCUT2D eigenvalue weighted by molar-refractivity contribution is 5.99. The Morgan fingerprint density at radius 2 is 1.83 bits per heavy atom. The number of hydrogen-bond donors (Lipinski definition) is 1. The predicted octanol–water partition coefficient (Wildman–Crippen LogP) is 2.87. The molecule has 1 aromatic heterocycles. The summed E-state index contributed by atoms with van der Waals surface area (Å²) in [6.45, 7) is 0.0905. The smallest absolute Gasteiger partial charge is 0.353 e. The molecule has 0 unspecified atom stereocenters. The highest BCUT2D eigenvalue weighted by Crippen LogP contribution is 2.31. The highest BCUT2D eigenvalue weighted by Gasteiger charge is 2.27. The zero-order valence-electron chi connectivity index (χ0n) is 15.7. The summed E-state index contributed by atoms with van der Waals surface area (Å²) in [6.07, 6.45) is 1.14. The molecule has 3 rings (SSSR count). The fraction of sp³-hybridized carbons (Fsp3) is 0.150. The molecule has 148 valence electrons. The summed E-state index contributed by atoms with van der Waals surface area (Å²) in [5.41, 5.74) is 6.60. The van der Waals surface area contributed by atoms with Crippen LogP contribution in [0.15, 0.2) is 60.9 Å². The Balaban J connectivity index is 1.98. The first-order chi connectivity index (χ1) is 14.0. The van der Waals surface area contributed by atoms with Crippen molar-refractivity contribution < 1.29 is 14.5 Å². The summed E-state index contributed by atoms with van der Waals surface area (Å²) in [6, 6.07) is 15.9. The number of rotatable bonds is 8. The van der Waals surface area contributed by atoms with Crippen molar-refractivity contribution in [1.29, 1.82) is 0 Å². The van der Waals surface area contributed by atoms with E-state index in [2.05, 4.69) is 9.97 Å². The number of nitro groups is 1. The minimum Gasteiger partial charge on any atom is -0.497 e. The molecule has 3 aromatic rings. The summed E-state index contributed by atoms with van der Waals surface area (Å²) in [4.78, 5) is 33.0. The van der Waals surface area contributed by atoms with Gasteiger partial charge in [-0.1, -0.05) is 42.5 Å². The van der Waals surface area contributed by atoms with Crippen molar-refractivity contribution in [3.63, 3.8) is 0 Å². The molecule has 0 aliphatic heterocycles. The second-order valence-electron chi connectivity index (χ2n) is 6.18. The van der Waals surface area contributed by atoms with Crippen LogP contribution in [0.4, 0.5) is 17.3 Å². The molecule has 0 saturated carbocycles. The number of carbonyl (C=O) groups is 1. The van der Waals surface area contributed by atoms with E-state index in [9.17, 15) is 14.9 Å². The molecule has 0 radical (unpaired) electrons. The molecule has 9 nitrogen and oxygen atoms in total. The van der Waals surface area contributed by atoms with Gasteiger partial charge >= 0.3 is 5.69 Å². The molecule has 2 N–H and O–H groups in total. The van der Waals surface area contributed by atoms with E-state index < -0.39 is 10.6 Å². The number of nitrogen functional groups attached to an aromatic ring is 1. The summed E-state index contributed by atoms with van der Waals surface area (Å²) in [5.74, 6) is 0.206. The fourth-order valence-electron chi connectivity index (χ4n) is 2.83. The van der Waals surface area contributed by atoms with E-state index in [0.717, 1.165) is 11.9 Å². The molecule has 0 amide bonds. The lowest BCUT2D eigenvalue weighted by atomic mass is 10.1. The van der Waals surface area contributed by atoms with Crippen molar-refractivity contribution in [2.75, 3.05) is 24.3 Å². The molecule has 1 heterocycles. The van der Waals surface area contributed by atoms with Crippen molar-refractivity contribution >= 4 is 23.1 Å². The van der Waals surface area contributed by atoms with Crippen LogP contribution in [0, 0.1) is 10.1 Å². The standard InChI is InChI=1S/C20H19N5O4/c1-29-16-9-7-14(8-10-16)11-24(12-17(26)15-5-3-2-4-6-15)20-18(25(27)28)19(21)22-13-23-20/h2-10,13H,11-12H2,1H3,(H2,21,22,23). The van der Waals surface area contributed by atoms with Gasteiger partial charge in [-0.25, -0.2) is 9.97 Å². The Kier molecular flexibility index (Phi) is 5.98. The molecule has 0 aliphatic carbocycles. The van der Waals surface area contributed by atoms with Crippen LogP contribution in [0.2, 0.25) is 0 Å². The molecule has 9 heteroatoms. The van der Waals surface area contributed by atoms with Gasteiger partial charge in [-0.15, -0.1) is 0 Å². The third kappa shape index (κ3) is 4.64. The molecular weight excluding hydrogens is 374 g/mol. The number of methoxy groups -OCH3 is 1.